The number of unbranched alkanes of at least 4 members (excludes halogenated alkanes) is 11. The molecule has 0 aliphatic carbocycles. The fourth-order valence-corrected chi connectivity index (χ4v) is 10.9. The summed E-state index contributed by atoms with van der Waals surface area (Å²) in [5.41, 5.74) is 0. The summed E-state index contributed by atoms with van der Waals surface area (Å²) in [5.74, 6) is -14.6. The second-order valence-corrected chi connectivity index (χ2v) is 22.5. The summed E-state index contributed by atoms with van der Waals surface area (Å²) < 4.78 is 50.0. The number of rotatable bonds is 38. The van der Waals surface area contributed by atoms with Crippen molar-refractivity contribution in [1.82, 2.24) is 16.0 Å². The van der Waals surface area contributed by atoms with E-state index < -0.39 is 222 Å². The molecule has 0 saturated carbocycles. The van der Waals surface area contributed by atoms with Crippen molar-refractivity contribution in [3.63, 3.8) is 0 Å². The van der Waals surface area contributed by atoms with Crippen molar-refractivity contribution < 1.29 is 148 Å². The quantitative estimate of drug-likeness (QED) is 0.0118. The maximum Gasteiger partial charge on any atom is 0.302 e. The highest BCUT2D eigenvalue weighted by molar-refractivity contribution is 5.76. The molecule has 0 aromatic rings. The number of aliphatic carboxylic acids is 2. The fraction of sp³-hybridized carbons (Fsp3) is 0.855. The number of allylic oxidation sites excluding steroid dienone is 1. The van der Waals surface area contributed by atoms with Crippen LogP contribution in [0.15, 0.2) is 12.2 Å². The van der Waals surface area contributed by atoms with E-state index >= 15 is 0 Å². The third-order valence-corrected chi connectivity index (χ3v) is 15.6. The van der Waals surface area contributed by atoms with Crippen LogP contribution in [0.2, 0.25) is 0 Å². The lowest BCUT2D eigenvalue weighted by molar-refractivity contribution is -0.415. The Balaban J connectivity index is 1.53. The summed E-state index contributed by atoms with van der Waals surface area (Å²) in [6.07, 6.45) is -26.7. The number of carbonyl (C=O) groups excluding carboxylic acids is 6. The third kappa shape index (κ3) is 20.9. The third-order valence-electron chi connectivity index (χ3n) is 15.6. The molecule has 0 aromatic carbocycles. The van der Waals surface area contributed by atoms with E-state index in [4.69, 9.17) is 37.9 Å². The van der Waals surface area contributed by atoms with Gasteiger partial charge in [0.25, 0.3) is 0 Å². The normalized spacial score (nSPS) is 34.8. The predicted octanol–water partition coefficient (Wildman–Crippen LogP) is -8.39. The molecule has 4 aliphatic rings. The zero-order valence-electron chi connectivity index (χ0n) is 49.6. The largest absolute Gasteiger partial charge is 0.544 e. The van der Waals surface area contributed by atoms with Crippen LogP contribution in [0.3, 0.4) is 0 Å². The molecule has 0 spiro atoms. The lowest BCUT2D eigenvalue weighted by Gasteiger charge is -2.53. The fourth-order valence-electron chi connectivity index (χ4n) is 10.9. The Morgan fingerprint density at radius 3 is 1.68 bits per heavy atom. The van der Waals surface area contributed by atoms with Crippen LogP contribution < -0.4 is 26.2 Å². The summed E-state index contributed by atoms with van der Waals surface area (Å²) in [5, 5.41) is 178. The van der Waals surface area contributed by atoms with Crippen LogP contribution in [0, 0.1) is 0 Å². The topological polar surface area (TPSA) is 531 Å². The van der Waals surface area contributed by atoms with Crippen LogP contribution in [0.5, 0.6) is 0 Å². The van der Waals surface area contributed by atoms with E-state index in [0.717, 1.165) is 46.5 Å². The van der Waals surface area contributed by atoms with Crippen molar-refractivity contribution in [2.45, 2.75) is 264 Å². The van der Waals surface area contributed by atoms with Gasteiger partial charge in [0.05, 0.1) is 62.9 Å². The van der Waals surface area contributed by atoms with Crippen molar-refractivity contribution in [3.8, 4) is 0 Å². The number of carbonyl (C=O) groups is 6. The summed E-state index contributed by atoms with van der Waals surface area (Å²) in [6, 6.07) is -4.86. The highest BCUT2D eigenvalue weighted by atomic mass is 16.8. The molecule has 88 heavy (non-hydrogen) atoms. The van der Waals surface area contributed by atoms with Gasteiger partial charge >= 0.3 is 5.97 Å². The zero-order chi connectivity index (χ0) is 65.6. The second kappa shape index (κ2) is 36.7. The number of carboxylic acids is 2. The molecule has 24 atom stereocenters. The van der Waals surface area contributed by atoms with Crippen LogP contribution in [0.25, 0.3) is 0 Å². The summed E-state index contributed by atoms with van der Waals surface area (Å²) in [4.78, 5) is 74.1. The molecular weight excluding hydrogens is 1180 g/mol. The maximum atomic E-state index is 13.3. The smallest absolute Gasteiger partial charge is 0.302 e. The molecule has 33 heteroatoms. The number of aliphatic hydroxyl groups is 13. The van der Waals surface area contributed by atoms with E-state index in [9.17, 15) is 105 Å². The van der Waals surface area contributed by atoms with Crippen molar-refractivity contribution in [2.75, 3.05) is 33.0 Å². The van der Waals surface area contributed by atoms with E-state index in [1.54, 1.807) is 6.08 Å². The number of hydrogen-bond donors (Lipinski definition) is 16. The molecule has 4 aliphatic heterocycles. The zero-order valence-corrected chi connectivity index (χ0v) is 49.6. The van der Waals surface area contributed by atoms with Gasteiger partial charge in [0.15, 0.2) is 12.6 Å². The van der Waals surface area contributed by atoms with E-state index in [0.29, 0.717) is 12.8 Å². The Kier molecular flexibility index (Phi) is 31.8. The molecule has 16 N–H and O–H groups in total. The number of ether oxygens (including phenoxy) is 9. The summed E-state index contributed by atoms with van der Waals surface area (Å²) >= 11 is 0. The molecular formula is C55H91N3O30-2. The minimum Gasteiger partial charge on any atom is -0.544 e. The molecule has 4 rings (SSSR count). The van der Waals surface area contributed by atoms with Crippen molar-refractivity contribution in [1.29, 1.82) is 0 Å². The van der Waals surface area contributed by atoms with Gasteiger partial charge in [0.2, 0.25) is 29.8 Å². The van der Waals surface area contributed by atoms with E-state index in [-0.39, 0.29) is 0 Å². The average molecular weight is 1270 g/mol. The highest BCUT2D eigenvalue weighted by Crippen LogP contribution is 2.40. The Bertz CT molecular complexity index is 2190. The lowest BCUT2D eigenvalue weighted by Crippen LogP contribution is -2.73. The molecule has 0 aromatic heterocycles. The van der Waals surface area contributed by atoms with Gasteiger partial charge in [-0.3, -0.25) is 19.2 Å². The molecule has 4 fully saturated rings. The van der Waals surface area contributed by atoms with E-state index in [1.807, 2.05) is 0 Å². The maximum absolute atomic E-state index is 13.3. The van der Waals surface area contributed by atoms with Gasteiger partial charge in [-0.2, -0.15) is 0 Å². The second-order valence-electron chi connectivity index (χ2n) is 22.5. The Morgan fingerprint density at radius 1 is 0.648 bits per heavy atom. The molecule has 33 nitrogen and oxygen atoms in total. The van der Waals surface area contributed by atoms with Crippen molar-refractivity contribution in [3.05, 3.63) is 12.2 Å². The van der Waals surface area contributed by atoms with Crippen LogP contribution in [0.4, 0.5) is 0 Å². The molecule has 0 bridgehead atoms. The number of hydrogen-bond acceptors (Lipinski definition) is 30. The van der Waals surface area contributed by atoms with Crippen LogP contribution >= 0.6 is 0 Å². The SMILES string of the molecule is CCCCCCCCCCCCC/C=C/[C@@H](O)[C@H](CO[C@@H]1O[C@H](CO)[C@@H](O[C@@H]2O[C@H](CO)[C@H](O)[C@H](O[C@]3(C(=O)[O-])C[C@H](O)[C@@H](NC(C)=O)[C@H]([C@H](O)[C@@H](CO)O[C@]4(C(=O)[O-])C[C@H](O)[C@@H](NC(C)=O)[C@H]([C@H](O)[C@H](O)COC(C)=O)O4)O3)[C@H]2O)[C@H](O)[C@H]1O)NC=O. The first-order valence-electron chi connectivity index (χ1n) is 29.6. The minimum atomic E-state index is -3.52. The number of nitrogens with one attached hydrogen (secondary N) is 3. The number of amides is 3. The van der Waals surface area contributed by atoms with Gasteiger partial charge in [-0.1, -0.05) is 83.3 Å². The van der Waals surface area contributed by atoms with Crippen molar-refractivity contribution >= 4 is 36.1 Å². The summed E-state index contributed by atoms with van der Waals surface area (Å²) in [6.45, 7) is -0.195. The molecule has 4 saturated heterocycles. The number of carboxylic acid groups (broad SMARTS) is 2. The monoisotopic (exact) mass is 1270 g/mol. The standard InChI is InChI=1S/C55H93N3O30/c1-5-6-7-8-9-10-11-12-13-14-15-16-17-18-31(66)30(56-26-62)24-81-50-44(74)43(73)46(37(23-61)83-50)84-51-45(75)49(41(71)35(21-59)82-51)88-55(53(78)79)20-33(68)39(58-28(3)64)48(87-55)42(72)36(22-60)85-54(52(76)77)19-32(67)38(57-27(2)63)47(86-54)40(70)34(69)25-80-29(4)65/h17-18,26,30-51,59-61,66-75H,5-16,19-25H2,1-4H3,(H,56,62)(H,57,63)(H,58,64)(H,76,77)(H,78,79)/p-2/b18-17+/t30-,31+,32-,33-,34+,35+,36+,37+,38+,39+,40+,41-,42+,43+,44+,45+,46+,47+,48+,49-,50+,51-,54+,55-/m0/s1. The highest BCUT2D eigenvalue weighted by Gasteiger charge is 2.60. The molecule has 3 amide bonds. The first-order valence-corrected chi connectivity index (χ1v) is 29.6. The Morgan fingerprint density at radius 2 is 1.17 bits per heavy atom. The minimum absolute atomic E-state index is 0.302. The van der Waals surface area contributed by atoms with Gasteiger partial charge in [-0.05, 0) is 12.8 Å². The Hall–Kier alpha value is -4.28. The lowest BCUT2D eigenvalue weighted by atomic mass is 9.87. The summed E-state index contributed by atoms with van der Waals surface area (Å²) in [7, 11) is 0. The molecule has 4 heterocycles. The average Bonchev–Trinajstić information content (AvgIpc) is 1.39. The number of esters is 1. The number of aliphatic hydroxyl groups excluding tert-OH is 13. The predicted molar refractivity (Wildman–Crippen MR) is 289 cm³/mol. The first-order chi connectivity index (χ1) is 41.7. The van der Waals surface area contributed by atoms with Gasteiger partial charge in [0.1, 0.15) is 104 Å². The molecule has 0 radical (unpaired) electrons. The van der Waals surface area contributed by atoms with Crippen LogP contribution in [-0.2, 0) is 71.4 Å². The van der Waals surface area contributed by atoms with E-state index in [2.05, 4.69) is 27.6 Å². The Labute approximate surface area is 507 Å². The van der Waals surface area contributed by atoms with Crippen molar-refractivity contribution in [2.24, 2.45) is 0 Å². The van der Waals surface area contributed by atoms with Gasteiger partial charge in [0, 0.05) is 33.6 Å². The van der Waals surface area contributed by atoms with Crippen LogP contribution in [0.1, 0.15) is 118 Å². The van der Waals surface area contributed by atoms with Gasteiger partial charge in [-0.15, -0.1) is 0 Å². The van der Waals surface area contributed by atoms with Gasteiger partial charge in [-0.25, -0.2) is 0 Å². The van der Waals surface area contributed by atoms with Crippen LogP contribution in [-0.4, -0.2) is 282 Å². The molecule has 0 unspecified atom stereocenters. The molecule has 508 valence electrons. The first kappa shape index (κ1) is 76.2. The van der Waals surface area contributed by atoms with Gasteiger partial charge < -0.3 is 145 Å². The van der Waals surface area contributed by atoms with E-state index in [1.165, 1.54) is 51.0 Å².